The normalized spacial score (nSPS) is 30.1. The van der Waals surface area contributed by atoms with Gasteiger partial charge in [0.05, 0.1) is 24.2 Å². The van der Waals surface area contributed by atoms with Gasteiger partial charge in [-0.15, -0.1) is 0 Å². The molecule has 2 atom stereocenters. The van der Waals surface area contributed by atoms with Gasteiger partial charge in [0.25, 0.3) is 0 Å². The molecule has 2 saturated heterocycles. The lowest BCUT2D eigenvalue weighted by molar-refractivity contribution is -0.151. The van der Waals surface area contributed by atoms with Crippen molar-refractivity contribution in [3.8, 4) is 0 Å². The summed E-state index contributed by atoms with van der Waals surface area (Å²) in [6.07, 6.45) is 1.36. The number of ether oxygens (including phenoxy) is 1. The summed E-state index contributed by atoms with van der Waals surface area (Å²) in [6, 6.07) is 0. The predicted molar refractivity (Wildman–Crippen MR) is 78.0 cm³/mol. The van der Waals surface area contributed by atoms with Crippen LogP contribution in [-0.2, 0) is 14.3 Å². The van der Waals surface area contributed by atoms with Gasteiger partial charge >= 0.3 is 5.97 Å². The van der Waals surface area contributed by atoms with Crippen molar-refractivity contribution >= 4 is 11.9 Å². The monoisotopic (exact) mass is 298 g/mol. The molecule has 1 amide bonds. The molecule has 2 heterocycles. The van der Waals surface area contributed by atoms with Gasteiger partial charge in [0.2, 0.25) is 5.91 Å². The maximum Gasteiger partial charge on any atom is 0.309 e. The standard InChI is InChI=1S/C15H26N2O4/c1-11-8-17(9-12(2)21-11)13(18)10-16-6-4-15(3,5-7-16)14(19)20/h11-12H,4-10H2,1-3H3,(H,19,20). The fraction of sp³-hybridized carbons (Fsp3) is 0.867. The fourth-order valence-electron chi connectivity index (χ4n) is 3.09. The molecular formula is C15H26N2O4. The van der Waals surface area contributed by atoms with Crippen molar-refractivity contribution in [2.75, 3.05) is 32.7 Å². The first-order valence-corrected chi connectivity index (χ1v) is 7.69. The van der Waals surface area contributed by atoms with Gasteiger partial charge in [-0.2, -0.15) is 0 Å². The molecule has 1 N–H and O–H groups in total. The molecule has 2 aliphatic heterocycles. The second-order valence-corrected chi connectivity index (χ2v) is 6.70. The maximum absolute atomic E-state index is 12.4. The molecule has 0 aromatic rings. The van der Waals surface area contributed by atoms with Crippen molar-refractivity contribution in [3.05, 3.63) is 0 Å². The number of likely N-dealkylation sites (tertiary alicyclic amines) is 1. The molecule has 0 bridgehead atoms. The summed E-state index contributed by atoms with van der Waals surface area (Å²) in [5, 5.41) is 9.22. The number of nitrogens with zero attached hydrogens (tertiary/aromatic N) is 2. The topological polar surface area (TPSA) is 70.1 Å². The second kappa shape index (κ2) is 6.32. The minimum atomic E-state index is -0.732. The highest BCUT2D eigenvalue weighted by Gasteiger charge is 2.37. The van der Waals surface area contributed by atoms with Crippen LogP contribution >= 0.6 is 0 Å². The summed E-state index contributed by atoms with van der Waals surface area (Å²) < 4.78 is 5.64. The van der Waals surface area contributed by atoms with E-state index in [4.69, 9.17) is 4.74 Å². The third-order valence-electron chi connectivity index (χ3n) is 4.61. The van der Waals surface area contributed by atoms with E-state index in [9.17, 15) is 14.7 Å². The lowest BCUT2D eigenvalue weighted by Gasteiger charge is -2.39. The molecule has 0 spiro atoms. The summed E-state index contributed by atoms with van der Waals surface area (Å²) in [5.74, 6) is -0.611. The Bertz CT molecular complexity index is 394. The molecule has 120 valence electrons. The van der Waals surface area contributed by atoms with E-state index in [-0.39, 0.29) is 18.1 Å². The average molecular weight is 298 g/mol. The minimum absolute atomic E-state index is 0.0781. The van der Waals surface area contributed by atoms with Crippen LogP contribution < -0.4 is 0 Å². The van der Waals surface area contributed by atoms with Crippen LogP contribution in [0.5, 0.6) is 0 Å². The van der Waals surface area contributed by atoms with Crippen molar-refractivity contribution in [1.82, 2.24) is 9.80 Å². The number of carboxylic acids is 1. The summed E-state index contributed by atoms with van der Waals surface area (Å²) >= 11 is 0. The quantitative estimate of drug-likeness (QED) is 0.835. The number of hydrogen-bond donors (Lipinski definition) is 1. The number of morpholine rings is 1. The Hall–Kier alpha value is -1.14. The summed E-state index contributed by atoms with van der Waals surface area (Å²) in [4.78, 5) is 27.5. The summed E-state index contributed by atoms with van der Waals surface area (Å²) in [6.45, 7) is 8.76. The molecule has 6 heteroatoms. The van der Waals surface area contributed by atoms with Crippen molar-refractivity contribution in [2.24, 2.45) is 5.41 Å². The molecule has 2 unspecified atom stereocenters. The lowest BCUT2D eigenvalue weighted by Crippen LogP contribution is -2.52. The molecule has 2 rings (SSSR count). The van der Waals surface area contributed by atoms with Gasteiger partial charge in [-0.25, -0.2) is 0 Å². The van der Waals surface area contributed by atoms with Crippen molar-refractivity contribution in [2.45, 2.75) is 45.8 Å². The Kier molecular flexibility index (Phi) is 4.88. The molecule has 6 nitrogen and oxygen atoms in total. The number of carbonyl (C=O) groups is 2. The van der Waals surface area contributed by atoms with E-state index in [1.165, 1.54) is 0 Å². The number of carboxylic acid groups (broad SMARTS) is 1. The number of hydrogen-bond acceptors (Lipinski definition) is 4. The van der Waals surface area contributed by atoms with Gasteiger partial charge in [0.1, 0.15) is 0 Å². The Morgan fingerprint density at radius 3 is 2.19 bits per heavy atom. The number of aliphatic carboxylic acids is 1. The Labute approximate surface area is 126 Å². The van der Waals surface area contributed by atoms with E-state index in [1.54, 1.807) is 6.92 Å². The van der Waals surface area contributed by atoms with Gasteiger partial charge in [0, 0.05) is 13.1 Å². The third kappa shape index (κ3) is 3.95. The first-order chi connectivity index (χ1) is 9.80. The Morgan fingerprint density at radius 1 is 1.19 bits per heavy atom. The zero-order chi connectivity index (χ0) is 15.6. The molecule has 0 aromatic heterocycles. The molecule has 2 aliphatic rings. The Balaban J connectivity index is 1.83. The molecule has 0 saturated carbocycles. The van der Waals surface area contributed by atoms with Gasteiger partial charge < -0.3 is 14.7 Å². The van der Waals surface area contributed by atoms with E-state index in [2.05, 4.69) is 4.90 Å². The van der Waals surface area contributed by atoms with Gasteiger partial charge in [-0.05, 0) is 46.7 Å². The Morgan fingerprint density at radius 2 is 1.71 bits per heavy atom. The highest BCUT2D eigenvalue weighted by atomic mass is 16.5. The van der Waals surface area contributed by atoms with E-state index in [0.29, 0.717) is 45.6 Å². The van der Waals surface area contributed by atoms with Crippen LogP contribution in [0.4, 0.5) is 0 Å². The first kappa shape index (κ1) is 16.2. The van der Waals surface area contributed by atoms with E-state index < -0.39 is 11.4 Å². The summed E-state index contributed by atoms with van der Waals surface area (Å²) in [7, 11) is 0. The van der Waals surface area contributed by atoms with Crippen LogP contribution in [0.15, 0.2) is 0 Å². The number of rotatable bonds is 3. The summed E-state index contributed by atoms with van der Waals surface area (Å²) in [5.41, 5.74) is -0.637. The number of amides is 1. The average Bonchev–Trinajstić information content (AvgIpc) is 2.40. The molecule has 0 aromatic carbocycles. The molecule has 2 fully saturated rings. The van der Waals surface area contributed by atoms with Crippen LogP contribution in [0, 0.1) is 5.41 Å². The highest BCUT2D eigenvalue weighted by Crippen LogP contribution is 2.30. The van der Waals surface area contributed by atoms with Gasteiger partial charge in [0.15, 0.2) is 0 Å². The highest BCUT2D eigenvalue weighted by molar-refractivity contribution is 5.78. The molecular weight excluding hydrogens is 272 g/mol. The third-order valence-corrected chi connectivity index (χ3v) is 4.61. The van der Waals surface area contributed by atoms with Crippen molar-refractivity contribution in [1.29, 1.82) is 0 Å². The zero-order valence-corrected chi connectivity index (χ0v) is 13.2. The number of carbonyl (C=O) groups excluding carboxylic acids is 1. The molecule has 0 aliphatic carbocycles. The van der Waals surface area contributed by atoms with Gasteiger partial charge in [-0.3, -0.25) is 14.5 Å². The first-order valence-electron chi connectivity index (χ1n) is 7.69. The zero-order valence-electron chi connectivity index (χ0n) is 13.2. The predicted octanol–water partition coefficient (Wildman–Crippen LogP) is 0.809. The number of piperidine rings is 1. The smallest absolute Gasteiger partial charge is 0.309 e. The van der Waals surface area contributed by atoms with E-state index in [0.717, 1.165) is 0 Å². The van der Waals surface area contributed by atoms with Crippen molar-refractivity contribution in [3.63, 3.8) is 0 Å². The van der Waals surface area contributed by atoms with Crippen LogP contribution in [0.2, 0.25) is 0 Å². The molecule has 21 heavy (non-hydrogen) atoms. The van der Waals surface area contributed by atoms with Crippen LogP contribution in [0.25, 0.3) is 0 Å². The minimum Gasteiger partial charge on any atom is -0.481 e. The van der Waals surface area contributed by atoms with Gasteiger partial charge in [-0.1, -0.05) is 0 Å². The molecule has 0 radical (unpaired) electrons. The largest absolute Gasteiger partial charge is 0.481 e. The SMILES string of the molecule is CC1CN(C(=O)CN2CCC(C)(C(=O)O)CC2)CC(C)O1. The van der Waals surface area contributed by atoms with Crippen LogP contribution in [0.3, 0.4) is 0 Å². The van der Waals surface area contributed by atoms with E-state index >= 15 is 0 Å². The fourth-order valence-corrected chi connectivity index (χ4v) is 3.09. The van der Waals surface area contributed by atoms with Crippen LogP contribution in [0.1, 0.15) is 33.6 Å². The van der Waals surface area contributed by atoms with Crippen LogP contribution in [-0.4, -0.2) is 71.7 Å². The van der Waals surface area contributed by atoms with Crippen molar-refractivity contribution < 1.29 is 19.4 Å². The van der Waals surface area contributed by atoms with E-state index in [1.807, 2.05) is 18.7 Å². The lowest BCUT2D eigenvalue weighted by atomic mass is 9.80. The second-order valence-electron chi connectivity index (χ2n) is 6.70. The maximum atomic E-state index is 12.4.